The maximum Gasteiger partial charge on any atom is 0.123 e. The van der Waals surface area contributed by atoms with E-state index in [0.717, 1.165) is 6.04 Å². The Morgan fingerprint density at radius 3 is 2.73 bits per heavy atom. The molecule has 0 aliphatic carbocycles. The maximum atomic E-state index is 2.49. The molecule has 0 N–H and O–H groups in total. The summed E-state index contributed by atoms with van der Waals surface area (Å²) in [7, 11) is 3.65. The van der Waals surface area contributed by atoms with E-state index in [0.29, 0.717) is 5.41 Å². The van der Waals surface area contributed by atoms with E-state index in [2.05, 4.69) is 32.7 Å². The Labute approximate surface area is 71.4 Å². The van der Waals surface area contributed by atoms with Crippen molar-refractivity contribution < 1.29 is 0 Å². The highest BCUT2D eigenvalue weighted by molar-refractivity contribution is 6.36. The molecule has 0 aromatic heterocycles. The summed E-state index contributed by atoms with van der Waals surface area (Å²) in [4.78, 5) is 2.49. The molecule has 1 aliphatic rings. The summed E-state index contributed by atoms with van der Waals surface area (Å²) >= 11 is 0. The normalized spacial score (nSPS) is 32.5. The first-order valence-electron chi connectivity index (χ1n) is 4.71. The zero-order chi connectivity index (χ0) is 8.48. The average Bonchev–Trinajstić information content (AvgIpc) is 1.93. The van der Waals surface area contributed by atoms with Gasteiger partial charge >= 0.3 is 0 Å². The van der Waals surface area contributed by atoms with Gasteiger partial charge in [0.25, 0.3) is 0 Å². The van der Waals surface area contributed by atoms with Crippen molar-refractivity contribution >= 4 is 7.28 Å². The van der Waals surface area contributed by atoms with Gasteiger partial charge in [0, 0.05) is 6.54 Å². The largest absolute Gasteiger partial charge is 0.304 e. The van der Waals surface area contributed by atoms with Crippen LogP contribution in [0, 0.1) is 5.41 Å². The molecule has 0 aromatic rings. The summed E-state index contributed by atoms with van der Waals surface area (Å²) in [6, 6.07) is 0.789. The third-order valence-corrected chi connectivity index (χ3v) is 2.91. The van der Waals surface area contributed by atoms with Gasteiger partial charge in [-0.15, -0.1) is 0 Å². The summed E-state index contributed by atoms with van der Waals surface area (Å²) in [5.41, 5.74) is 0.541. The Balaban J connectivity index is 2.55. The van der Waals surface area contributed by atoms with E-state index in [1.54, 1.807) is 0 Å². The SMILES string of the molecule is CC1CBCC(C)(C)CN1C. The smallest absolute Gasteiger partial charge is 0.123 e. The van der Waals surface area contributed by atoms with Crippen LogP contribution in [0.25, 0.3) is 0 Å². The molecule has 2 heteroatoms. The lowest BCUT2D eigenvalue weighted by Crippen LogP contribution is -2.33. The molecule has 0 amide bonds. The minimum absolute atomic E-state index is 0.541. The summed E-state index contributed by atoms with van der Waals surface area (Å²) in [5.74, 6) is 0. The first kappa shape index (κ1) is 9.12. The Morgan fingerprint density at radius 1 is 1.45 bits per heavy atom. The molecule has 0 bridgehead atoms. The van der Waals surface area contributed by atoms with E-state index < -0.39 is 0 Å². The fraction of sp³-hybridized carbons (Fsp3) is 1.00. The highest BCUT2D eigenvalue weighted by atomic mass is 15.1. The van der Waals surface area contributed by atoms with E-state index in [1.165, 1.54) is 26.5 Å². The lowest BCUT2D eigenvalue weighted by Gasteiger charge is -2.29. The fourth-order valence-electron chi connectivity index (χ4n) is 2.01. The summed E-state index contributed by atoms with van der Waals surface area (Å²) < 4.78 is 0. The third kappa shape index (κ3) is 2.51. The van der Waals surface area contributed by atoms with Gasteiger partial charge in [0.15, 0.2) is 0 Å². The highest BCUT2D eigenvalue weighted by Crippen LogP contribution is 2.26. The molecule has 1 aliphatic heterocycles. The van der Waals surface area contributed by atoms with Crippen molar-refractivity contribution in [1.29, 1.82) is 0 Å². The third-order valence-electron chi connectivity index (χ3n) is 2.91. The molecule has 0 spiro atoms. The molecule has 1 atom stereocenters. The van der Waals surface area contributed by atoms with Gasteiger partial charge < -0.3 is 4.90 Å². The molecule has 1 unspecified atom stereocenters. The number of hydrogen-bond donors (Lipinski definition) is 0. The van der Waals surface area contributed by atoms with Crippen LogP contribution >= 0.6 is 0 Å². The Kier molecular flexibility index (Phi) is 2.63. The number of rotatable bonds is 0. The maximum absolute atomic E-state index is 2.49. The van der Waals surface area contributed by atoms with E-state index in [9.17, 15) is 0 Å². The molecule has 64 valence electrons. The molecule has 0 aromatic carbocycles. The van der Waals surface area contributed by atoms with Crippen LogP contribution in [0.2, 0.25) is 12.6 Å². The van der Waals surface area contributed by atoms with Gasteiger partial charge in [-0.2, -0.15) is 0 Å². The van der Waals surface area contributed by atoms with Gasteiger partial charge in [0.1, 0.15) is 7.28 Å². The van der Waals surface area contributed by atoms with Crippen molar-refractivity contribution in [1.82, 2.24) is 4.90 Å². The van der Waals surface area contributed by atoms with Crippen LogP contribution in [-0.2, 0) is 0 Å². The topological polar surface area (TPSA) is 3.24 Å². The summed E-state index contributed by atoms with van der Waals surface area (Å²) in [6.45, 7) is 8.35. The van der Waals surface area contributed by atoms with E-state index in [4.69, 9.17) is 0 Å². The second kappa shape index (κ2) is 3.18. The molecule has 1 saturated heterocycles. The number of hydrogen-bond acceptors (Lipinski definition) is 1. The van der Waals surface area contributed by atoms with E-state index in [-0.39, 0.29) is 0 Å². The molecule has 0 saturated carbocycles. The molecule has 11 heavy (non-hydrogen) atoms. The second-order valence-electron chi connectivity index (χ2n) is 4.82. The summed E-state index contributed by atoms with van der Waals surface area (Å²) in [6.07, 6.45) is 2.77. The van der Waals surface area contributed by atoms with Crippen molar-refractivity contribution in [3.8, 4) is 0 Å². The van der Waals surface area contributed by atoms with Crippen molar-refractivity contribution in [2.45, 2.75) is 39.5 Å². The summed E-state index contributed by atoms with van der Waals surface area (Å²) in [5, 5.41) is 0. The highest BCUT2D eigenvalue weighted by Gasteiger charge is 2.26. The van der Waals surface area contributed by atoms with Gasteiger partial charge in [-0.25, -0.2) is 0 Å². The predicted octanol–water partition coefficient (Wildman–Crippen LogP) is 1.62. The van der Waals surface area contributed by atoms with E-state index in [1.807, 2.05) is 0 Å². The molecular formula is C9H20BN. The van der Waals surface area contributed by atoms with Crippen LogP contribution in [0.15, 0.2) is 0 Å². The molecule has 0 radical (unpaired) electrons. The van der Waals surface area contributed by atoms with Gasteiger partial charge in [0.05, 0.1) is 0 Å². The van der Waals surface area contributed by atoms with Crippen molar-refractivity contribution in [3.63, 3.8) is 0 Å². The van der Waals surface area contributed by atoms with Crippen molar-refractivity contribution in [3.05, 3.63) is 0 Å². The predicted molar refractivity (Wildman–Crippen MR) is 52.6 cm³/mol. The van der Waals surface area contributed by atoms with Crippen LogP contribution in [0.5, 0.6) is 0 Å². The molecule has 1 fully saturated rings. The van der Waals surface area contributed by atoms with Gasteiger partial charge in [-0.05, 0) is 18.5 Å². The monoisotopic (exact) mass is 153 g/mol. The van der Waals surface area contributed by atoms with Crippen molar-refractivity contribution in [2.24, 2.45) is 5.41 Å². The Hall–Kier alpha value is 0.0249. The fourth-order valence-corrected chi connectivity index (χ4v) is 2.01. The van der Waals surface area contributed by atoms with Crippen LogP contribution in [0.1, 0.15) is 20.8 Å². The average molecular weight is 153 g/mol. The van der Waals surface area contributed by atoms with E-state index >= 15 is 0 Å². The van der Waals surface area contributed by atoms with Gasteiger partial charge in [0.2, 0.25) is 0 Å². The minimum Gasteiger partial charge on any atom is -0.304 e. The lowest BCUT2D eigenvalue weighted by molar-refractivity contribution is 0.200. The zero-order valence-corrected chi connectivity index (χ0v) is 8.35. The second-order valence-corrected chi connectivity index (χ2v) is 4.82. The zero-order valence-electron chi connectivity index (χ0n) is 8.35. The molecular weight excluding hydrogens is 133 g/mol. The van der Waals surface area contributed by atoms with Gasteiger partial charge in [-0.1, -0.05) is 33.4 Å². The standard InChI is InChI=1S/C9H20BN/c1-8-5-10-6-9(2,3)7-11(8)4/h8,10H,5-7H2,1-4H3. The molecule has 1 nitrogen and oxygen atoms in total. The Bertz CT molecular complexity index is 134. The minimum atomic E-state index is 0.541. The molecule has 1 rings (SSSR count). The van der Waals surface area contributed by atoms with Crippen LogP contribution < -0.4 is 0 Å². The number of nitrogens with zero attached hydrogens (tertiary/aromatic N) is 1. The Morgan fingerprint density at radius 2 is 2.09 bits per heavy atom. The van der Waals surface area contributed by atoms with Gasteiger partial charge in [-0.3, -0.25) is 0 Å². The van der Waals surface area contributed by atoms with Crippen molar-refractivity contribution in [2.75, 3.05) is 13.6 Å². The quantitative estimate of drug-likeness (QED) is 0.478. The first-order valence-corrected chi connectivity index (χ1v) is 4.71. The van der Waals surface area contributed by atoms with Crippen LogP contribution in [0.3, 0.4) is 0 Å². The lowest BCUT2D eigenvalue weighted by atomic mass is 9.62. The first-order chi connectivity index (χ1) is 5.01. The van der Waals surface area contributed by atoms with Crippen LogP contribution in [-0.4, -0.2) is 31.8 Å². The molecule has 1 heterocycles. The van der Waals surface area contributed by atoms with Crippen LogP contribution in [0.4, 0.5) is 0 Å².